The molecular formula is C30H39F. The molecule has 2 aliphatic rings. The lowest BCUT2D eigenvalue weighted by atomic mass is 9.77. The second-order valence-corrected chi connectivity index (χ2v) is 10.0. The topological polar surface area (TPSA) is 0 Å². The van der Waals surface area contributed by atoms with Gasteiger partial charge in [0.05, 0.1) is 6.67 Å². The van der Waals surface area contributed by atoms with Crippen LogP contribution in [0.5, 0.6) is 0 Å². The van der Waals surface area contributed by atoms with Crippen molar-refractivity contribution in [3.05, 3.63) is 72.3 Å². The highest BCUT2D eigenvalue weighted by Gasteiger charge is 2.23. The first-order chi connectivity index (χ1) is 15.3. The summed E-state index contributed by atoms with van der Waals surface area (Å²) in [6, 6.07) is 18.6. The minimum absolute atomic E-state index is 0.153. The molecule has 2 fully saturated rings. The zero-order chi connectivity index (χ0) is 21.5. The molecule has 0 heterocycles. The van der Waals surface area contributed by atoms with Gasteiger partial charge < -0.3 is 0 Å². The van der Waals surface area contributed by atoms with E-state index in [9.17, 15) is 4.39 Å². The summed E-state index contributed by atoms with van der Waals surface area (Å²) in [4.78, 5) is 0. The third-order valence-electron chi connectivity index (χ3n) is 8.09. The lowest BCUT2D eigenvalue weighted by Crippen LogP contribution is -2.13. The summed E-state index contributed by atoms with van der Waals surface area (Å²) in [6.45, 7) is 3.71. The zero-order valence-corrected chi connectivity index (χ0v) is 19.1. The van der Waals surface area contributed by atoms with Crippen LogP contribution in [-0.4, -0.2) is 6.67 Å². The molecule has 0 atom stereocenters. The number of rotatable bonds is 8. The van der Waals surface area contributed by atoms with Crippen molar-refractivity contribution >= 4 is 0 Å². The molecule has 0 aliphatic heterocycles. The Hall–Kier alpha value is -1.89. The lowest BCUT2D eigenvalue weighted by molar-refractivity contribution is 0.283. The van der Waals surface area contributed by atoms with Gasteiger partial charge in [-0.1, -0.05) is 54.6 Å². The summed E-state index contributed by atoms with van der Waals surface area (Å²) in [5.41, 5.74) is 5.62. The Kier molecular flexibility index (Phi) is 8.00. The first-order valence-electron chi connectivity index (χ1n) is 12.6. The molecule has 4 rings (SSSR count). The van der Waals surface area contributed by atoms with E-state index >= 15 is 0 Å². The van der Waals surface area contributed by atoms with Gasteiger partial charge in [0, 0.05) is 0 Å². The number of hydrogen-bond acceptors (Lipinski definition) is 0. The largest absolute Gasteiger partial charge is 0.251 e. The SMILES string of the molecule is C=CCC[C@H]1CC[C@H](c2ccc(-c3ccc([C@H]4CC[C@H](CCF)CC4)cc3)cc2)CC1. The molecule has 2 aliphatic carbocycles. The van der Waals surface area contributed by atoms with Gasteiger partial charge in [-0.25, -0.2) is 0 Å². The molecule has 0 spiro atoms. The molecule has 2 saturated carbocycles. The Bertz CT molecular complexity index is 787. The van der Waals surface area contributed by atoms with Crippen LogP contribution in [0.4, 0.5) is 4.39 Å². The Morgan fingerprint density at radius 2 is 1.06 bits per heavy atom. The fraction of sp³-hybridized carbons (Fsp3) is 0.533. The van der Waals surface area contributed by atoms with E-state index in [1.54, 1.807) is 0 Å². The second kappa shape index (κ2) is 11.1. The van der Waals surface area contributed by atoms with Crippen LogP contribution in [0.1, 0.15) is 93.6 Å². The molecule has 0 N–H and O–H groups in total. The van der Waals surface area contributed by atoms with Crippen LogP contribution in [0.25, 0.3) is 11.1 Å². The molecule has 0 aromatic heterocycles. The fourth-order valence-corrected chi connectivity index (χ4v) is 5.97. The zero-order valence-electron chi connectivity index (χ0n) is 19.1. The predicted molar refractivity (Wildman–Crippen MR) is 131 cm³/mol. The molecule has 31 heavy (non-hydrogen) atoms. The third-order valence-corrected chi connectivity index (χ3v) is 8.09. The molecule has 1 heteroatoms. The van der Waals surface area contributed by atoms with Gasteiger partial charge in [-0.15, -0.1) is 6.58 Å². The van der Waals surface area contributed by atoms with E-state index in [2.05, 4.69) is 61.2 Å². The molecule has 2 aromatic carbocycles. The van der Waals surface area contributed by atoms with Crippen molar-refractivity contribution in [1.29, 1.82) is 0 Å². The quantitative estimate of drug-likeness (QED) is 0.375. The summed E-state index contributed by atoms with van der Waals surface area (Å²) in [7, 11) is 0. The molecule has 2 aromatic rings. The van der Waals surface area contributed by atoms with Gasteiger partial charge in [0.15, 0.2) is 0 Å². The van der Waals surface area contributed by atoms with Crippen LogP contribution in [0.3, 0.4) is 0 Å². The average molecular weight is 419 g/mol. The van der Waals surface area contributed by atoms with Crippen molar-refractivity contribution in [2.75, 3.05) is 6.67 Å². The predicted octanol–water partition coefficient (Wildman–Crippen LogP) is 9.23. The summed E-state index contributed by atoms with van der Waals surface area (Å²) < 4.78 is 12.6. The van der Waals surface area contributed by atoms with E-state index in [0.29, 0.717) is 11.8 Å². The average Bonchev–Trinajstić information content (AvgIpc) is 2.84. The van der Waals surface area contributed by atoms with Gasteiger partial charge in [-0.3, -0.25) is 4.39 Å². The Morgan fingerprint density at radius 3 is 1.45 bits per heavy atom. The van der Waals surface area contributed by atoms with E-state index in [1.165, 1.54) is 86.5 Å². The van der Waals surface area contributed by atoms with Gasteiger partial charge in [-0.05, 0) is 117 Å². The van der Waals surface area contributed by atoms with Crippen molar-refractivity contribution in [2.24, 2.45) is 11.8 Å². The first-order valence-corrected chi connectivity index (χ1v) is 12.6. The van der Waals surface area contributed by atoms with E-state index in [4.69, 9.17) is 0 Å². The summed E-state index contributed by atoms with van der Waals surface area (Å²) >= 11 is 0. The maximum atomic E-state index is 12.6. The van der Waals surface area contributed by atoms with Gasteiger partial charge in [-0.2, -0.15) is 0 Å². The minimum atomic E-state index is -0.153. The maximum absolute atomic E-state index is 12.6. The number of alkyl halides is 1. The maximum Gasteiger partial charge on any atom is 0.0897 e. The molecule has 0 nitrogen and oxygen atoms in total. The second-order valence-electron chi connectivity index (χ2n) is 10.0. The highest BCUT2D eigenvalue weighted by Crippen LogP contribution is 2.39. The number of benzene rings is 2. The fourth-order valence-electron chi connectivity index (χ4n) is 5.97. The van der Waals surface area contributed by atoms with Crippen molar-refractivity contribution in [3.8, 4) is 11.1 Å². The number of halogens is 1. The monoisotopic (exact) mass is 418 g/mol. The van der Waals surface area contributed by atoms with Gasteiger partial charge in [0.1, 0.15) is 0 Å². The van der Waals surface area contributed by atoms with Crippen molar-refractivity contribution in [3.63, 3.8) is 0 Å². The van der Waals surface area contributed by atoms with E-state index in [1.807, 2.05) is 0 Å². The van der Waals surface area contributed by atoms with Crippen LogP contribution >= 0.6 is 0 Å². The molecule has 0 bridgehead atoms. The number of hydrogen-bond donors (Lipinski definition) is 0. The summed E-state index contributed by atoms with van der Waals surface area (Å²) in [5, 5.41) is 0. The molecule has 0 amide bonds. The normalized spacial score (nSPS) is 26.5. The van der Waals surface area contributed by atoms with Crippen LogP contribution in [0.2, 0.25) is 0 Å². The lowest BCUT2D eigenvalue weighted by Gasteiger charge is -2.29. The smallest absolute Gasteiger partial charge is 0.0897 e. The molecule has 0 saturated heterocycles. The standard InChI is InChI=1S/C30H39F/c1-2-3-4-23-5-9-25(10-6-23)27-13-17-29(18-14-27)30-19-15-28(16-20-30)26-11-7-24(8-12-26)21-22-31/h2,13-20,23-26H,1,3-12,21-22H2/t23-,24-,25-,26-. The van der Waals surface area contributed by atoms with Crippen molar-refractivity contribution in [1.82, 2.24) is 0 Å². The van der Waals surface area contributed by atoms with Gasteiger partial charge >= 0.3 is 0 Å². The van der Waals surface area contributed by atoms with Crippen molar-refractivity contribution < 1.29 is 4.39 Å². The third kappa shape index (κ3) is 5.88. The highest BCUT2D eigenvalue weighted by molar-refractivity contribution is 5.64. The Labute approximate surface area is 189 Å². The van der Waals surface area contributed by atoms with Crippen LogP contribution < -0.4 is 0 Å². The minimum Gasteiger partial charge on any atom is -0.251 e. The van der Waals surface area contributed by atoms with E-state index in [0.717, 1.165) is 18.3 Å². The van der Waals surface area contributed by atoms with Gasteiger partial charge in [0.2, 0.25) is 0 Å². The van der Waals surface area contributed by atoms with Crippen LogP contribution in [-0.2, 0) is 0 Å². The van der Waals surface area contributed by atoms with Crippen LogP contribution in [0, 0.1) is 11.8 Å². The van der Waals surface area contributed by atoms with E-state index < -0.39 is 0 Å². The summed E-state index contributed by atoms with van der Waals surface area (Å²) in [6.07, 6.45) is 15.6. The molecular weight excluding hydrogens is 379 g/mol. The molecule has 0 radical (unpaired) electrons. The Morgan fingerprint density at radius 1 is 0.645 bits per heavy atom. The summed E-state index contributed by atoms with van der Waals surface area (Å²) in [5.74, 6) is 2.92. The van der Waals surface area contributed by atoms with E-state index in [-0.39, 0.29) is 6.67 Å². The molecule has 166 valence electrons. The van der Waals surface area contributed by atoms with Crippen LogP contribution in [0.15, 0.2) is 61.2 Å². The molecule has 0 unspecified atom stereocenters. The van der Waals surface area contributed by atoms with Crippen molar-refractivity contribution in [2.45, 2.75) is 82.5 Å². The van der Waals surface area contributed by atoms with Gasteiger partial charge in [0.25, 0.3) is 0 Å². The highest BCUT2D eigenvalue weighted by atomic mass is 19.1. The first kappa shape index (κ1) is 22.3. The number of allylic oxidation sites excluding steroid dienone is 1. The Balaban J connectivity index is 1.32.